The van der Waals surface area contributed by atoms with Gasteiger partial charge in [-0.3, -0.25) is 4.57 Å². The monoisotopic (exact) mass is 388 g/mol. The van der Waals surface area contributed by atoms with Crippen LogP contribution in [-0.2, 0) is 14.8 Å². The molecule has 0 bridgehead atoms. The first-order valence-electron chi connectivity index (χ1n) is 9.37. The Hall–Kier alpha value is -2.13. The lowest BCUT2D eigenvalue weighted by Gasteiger charge is -2.35. The van der Waals surface area contributed by atoms with E-state index < -0.39 is 29.7 Å². The largest absolute Gasteiger partial charge is 0.498 e. The van der Waals surface area contributed by atoms with Gasteiger partial charge >= 0.3 is 7.12 Å². The van der Waals surface area contributed by atoms with Gasteiger partial charge < -0.3 is 19.4 Å². The van der Waals surface area contributed by atoms with Crippen molar-refractivity contribution in [2.75, 3.05) is 12.4 Å². The van der Waals surface area contributed by atoms with Crippen molar-refractivity contribution >= 4 is 18.3 Å². The summed E-state index contributed by atoms with van der Waals surface area (Å²) >= 11 is 0. The summed E-state index contributed by atoms with van der Waals surface area (Å²) in [5, 5.41) is 11.7. The van der Waals surface area contributed by atoms with Crippen molar-refractivity contribution in [2.24, 2.45) is 0 Å². The highest BCUT2D eigenvalue weighted by Gasteiger charge is 2.53. The Bertz CT molecular complexity index is 955. The molecule has 3 heterocycles. The molecule has 1 aromatic carbocycles. The van der Waals surface area contributed by atoms with Crippen LogP contribution in [-0.4, -0.2) is 40.2 Å². The summed E-state index contributed by atoms with van der Waals surface area (Å²) in [6.45, 7) is 13.5. The Kier molecular flexibility index (Phi) is 3.91. The molecule has 0 saturated carbocycles. The van der Waals surface area contributed by atoms with Crippen molar-refractivity contribution in [3.05, 3.63) is 23.5 Å². The molecule has 2 aromatic rings. The van der Waals surface area contributed by atoms with Crippen LogP contribution in [0.2, 0.25) is 0 Å². The van der Waals surface area contributed by atoms with Gasteiger partial charge in [-0.05, 0) is 54.5 Å². The van der Waals surface area contributed by atoms with Crippen LogP contribution in [0.4, 0.5) is 10.1 Å². The zero-order valence-electron chi connectivity index (χ0n) is 17.6. The SMILES string of the molecule is COc1c(B2OC(C)(C)C(C)(C)O2)cc(F)c2c1-n1c(C)nnc1C(C)(C)N2. The Morgan fingerprint density at radius 1 is 1.11 bits per heavy atom. The van der Waals surface area contributed by atoms with Crippen molar-refractivity contribution in [2.45, 2.75) is 65.2 Å². The molecule has 1 fully saturated rings. The highest BCUT2D eigenvalue weighted by atomic mass is 19.1. The van der Waals surface area contributed by atoms with Gasteiger partial charge in [0.15, 0.2) is 5.82 Å². The summed E-state index contributed by atoms with van der Waals surface area (Å²) in [6.07, 6.45) is 0. The fourth-order valence-corrected chi connectivity index (χ4v) is 3.73. The minimum atomic E-state index is -0.755. The molecule has 0 atom stereocenters. The Balaban J connectivity index is 1.96. The first kappa shape index (κ1) is 19.2. The smallest absolute Gasteiger partial charge is 0.495 e. The summed E-state index contributed by atoms with van der Waals surface area (Å²) in [6, 6.07) is 1.42. The number of methoxy groups -OCH3 is 1. The fourth-order valence-electron chi connectivity index (χ4n) is 3.73. The molecule has 0 amide bonds. The highest BCUT2D eigenvalue weighted by Crippen LogP contribution is 2.44. The summed E-state index contributed by atoms with van der Waals surface area (Å²) < 4.78 is 35.2. The van der Waals surface area contributed by atoms with Crippen LogP contribution < -0.4 is 15.5 Å². The average Bonchev–Trinajstić information content (AvgIpc) is 3.06. The van der Waals surface area contributed by atoms with E-state index in [1.54, 1.807) is 7.11 Å². The number of fused-ring (bicyclic) bond motifs is 3. The Morgan fingerprint density at radius 3 is 2.29 bits per heavy atom. The molecule has 2 aliphatic heterocycles. The normalized spacial score (nSPS) is 21.1. The van der Waals surface area contributed by atoms with Gasteiger partial charge in [0.05, 0.1) is 29.5 Å². The number of nitrogens with one attached hydrogen (secondary N) is 1. The van der Waals surface area contributed by atoms with E-state index in [-0.39, 0.29) is 0 Å². The van der Waals surface area contributed by atoms with Crippen LogP contribution in [0.3, 0.4) is 0 Å². The number of hydrogen-bond acceptors (Lipinski definition) is 6. The lowest BCUT2D eigenvalue weighted by molar-refractivity contribution is 0.00578. The van der Waals surface area contributed by atoms with Crippen molar-refractivity contribution in [3.63, 3.8) is 0 Å². The van der Waals surface area contributed by atoms with Gasteiger partial charge in [-0.15, -0.1) is 10.2 Å². The van der Waals surface area contributed by atoms with Gasteiger partial charge in [-0.2, -0.15) is 0 Å². The molecule has 1 N–H and O–H groups in total. The third-order valence-corrected chi connectivity index (χ3v) is 5.99. The third-order valence-electron chi connectivity index (χ3n) is 5.99. The molecule has 0 aliphatic carbocycles. The predicted molar refractivity (Wildman–Crippen MR) is 105 cm³/mol. The molecule has 7 nitrogen and oxygen atoms in total. The molecule has 1 aromatic heterocycles. The number of anilines is 1. The van der Waals surface area contributed by atoms with Gasteiger partial charge in [0, 0.05) is 5.46 Å². The van der Waals surface area contributed by atoms with Gasteiger partial charge in [-0.25, -0.2) is 4.39 Å². The molecular formula is C19H26BFN4O3. The van der Waals surface area contributed by atoms with E-state index in [0.717, 1.165) is 0 Å². The number of rotatable bonds is 2. The number of hydrogen-bond donors (Lipinski definition) is 1. The zero-order valence-corrected chi connectivity index (χ0v) is 17.6. The quantitative estimate of drug-likeness (QED) is 0.798. The lowest BCUT2D eigenvalue weighted by Crippen LogP contribution is -2.41. The van der Waals surface area contributed by atoms with E-state index >= 15 is 4.39 Å². The van der Waals surface area contributed by atoms with Crippen molar-refractivity contribution in [1.82, 2.24) is 14.8 Å². The summed E-state index contributed by atoms with van der Waals surface area (Å²) in [7, 11) is 0.802. The molecule has 1 saturated heterocycles. The number of aryl methyl sites for hydroxylation is 1. The van der Waals surface area contributed by atoms with Gasteiger partial charge in [0.2, 0.25) is 0 Å². The van der Waals surface area contributed by atoms with E-state index in [4.69, 9.17) is 14.0 Å². The molecule has 28 heavy (non-hydrogen) atoms. The summed E-state index contributed by atoms with van der Waals surface area (Å²) in [5.41, 5.74) is -0.314. The first-order chi connectivity index (χ1) is 12.9. The van der Waals surface area contributed by atoms with Crippen molar-refractivity contribution in [3.8, 4) is 11.4 Å². The van der Waals surface area contributed by atoms with Crippen LogP contribution in [0.25, 0.3) is 5.69 Å². The van der Waals surface area contributed by atoms with Crippen LogP contribution in [0.1, 0.15) is 53.2 Å². The Labute approximate surface area is 164 Å². The number of benzene rings is 1. The molecular weight excluding hydrogens is 362 g/mol. The second-order valence-electron chi connectivity index (χ2n) is 8.95. The predicted octanol–water partition coefficient (Wildman–Crippen LogP) is 2.68. The second kappa shape index (κ2) is 5.70. The number of ether oxygens (including phenoxy) is 1. The molecule has 150 valence electrons. The maximum absolute atomic E-state index is 15.3. The molecule has 4 rings (SSSR count). The average molecular weight is 388 g/mol. The minimum absolute atomic E-state index is 0.345. The maximum atomic E-state index is 15.3. The summed E-state index contributed by atoms with van der Waals surface area (Å²) in [5.74, 6) is 1.39. The minimum Gasteiger partial charge on any atom is -0.495 e. The van der Waals surface area contributed by atoms with E-state index in [2.05, 4.69) is 15.5 Å². The number of nitrogens with zero attached hydrogens (tertiary/aromatic N) is 3. The molecule has 0 radical (unpaired) electrons. The molecule has 0 spiro atoms. The second-order valence-corrected chi connectivity index (χ2v) is 8.95. The molecule has 0 unspecified atom stereocenters. The van der Waals surface area contributed by atoms with Gasteiger partial charge in [0.1, 0.15) is 23.1 Å². The number of aromatic nitrogens is 3. The topological polar surface area (TPSA) is 70.4 Å². The molecule has 2 aliphatic rings. The maximum Gasteiger partial charge on any atom is 0.498 e. The summed E-state index contributed by atoms with van der Waals surface area (Å²) in [4.78, 5) is 0. The van der Waals surface area contributed by atoms with Gasteiger partial charge in [0.25, 0.3) is 0 Å². The first-order valence-corrected chi connectivity index (χ1v) is 9.37. The van der Waals surface area contributed by atoms with E-state index in [1.807, 2.05) is 53.0 Å². The molecule has 9 heteroatoms. The van der Waals surface area contributed by atoms with Gasteiger partial charge in [-0.1, -0.05) is 0 Å². The third kappa shape index (κ3) is 2.49. The van der Waals surface area contributed by atoms with E-state index in [0.29, 0.717) is 34.2 Å². The van der Waals surface area contributed by atoms with Crippen LogP contribution in [0, 0.1) is 12.7 Å². The standard InChI is InChI=1S/C19H26BFN4O3/c1-10-23-24-16-17(2,3)22-13-12(21)9-11(15(26-8)14(13)25(10)16)20-27-18(4,5)19(6,7)28-20/h9,22H,1-8H3. The zero-order chi connectivity index (χ0) is 20.6. The van der Waals surface area contributed by atoms with Crippen LogP contribution >= 0.6 is 0 Å². The fraction of sp³-hybridized carbons (Fsp3) is 0.579. The Morgan fingerprint density at radius 2 is 1.71 bits per heavy atom. The highest BCUT2D eigenvalue weighted by molar-refractivity contribution is 6.63. The van der Waals surface area contributed by atoms with Crippen molar-refractivity contribution in [1.29, 1.82) is 0 Å². The van der Waals surface area contributed by atoms with Crippen LogP contribution in [0.15, 0.2) is 6.07 Å². The number of halogens is 1. The van der Waals surface area contributed by atoms with E-state index in [1.165, 1.54) is 6.07 Å². The van der Waals surface area contributed by atoms with Crippen molar-refractivity contribution < 1.29 is 18.4 Å². The van der Waals surface area contributed by atoms with Crippen LogP contribution in [0.5, 0.6) is 5.75 Å². The lowest BCUT2D eigenvalue weighted by atomic mass is 9.77. The van der Waals surface area contributed by atoms with E-state index in [9.17, 15) is 0 Å².